The fourth-order valence-electron chi connectivity index (χ4n) is 2.63. The molecule has 0 fully saturated rings. The molecule has 1 atom stereocenters. The summed E-state index contributed by atoms with van der Waals surface area (Å²) in [6, 6.07) is 14.7. The third-order valence-corrected chi connectivity index (χ3v) is 3.85. The van der Waals surface area contributed by atoms with Crippen molar-refractivity contribution in [3.8, 4) is 5.75 Å². The van der Waals surface area contributed by atoms with Gasteiger partial charge in [0.25, 0.3) is 0 Å². The van der Waals surface area contributed by atoms with Gasteiger partial charge in [0.15, 0.2) is 0 Å². The van der Waals surface area contributed by atoms with Gasteiger partial charge in [-0.3, -0.25) is 9.69 Å². The van der Waals surface area contributed by atoms with Crippen molar-refractivity contribution < 1.29 is 9.90 Å². The molecule has 0 spiro atoms. The highest BCUT2D eigenvalue weighted by molar-refractivity contribution is 5.83. The second-order valence-electron chi connectivity index (χ2n) is 6.14. The molecule has 1 N–H and O–H groups in total. The molecule has 0 unspecified atom stereocenters. The number of likely N-dealkylation sites (N-methyl/N-ethyl adjacent to an activating group) is 2. The van der Waals surface area contributed by atoms with Crippen molar-refractivity contribution in [3.05, 3.63) is 65.2 Å². The van der Waals surface area contributed by atoms with Crippen LogP contribution >= 0.6 is 0 Å². The van der Waals surface area contributed by atoms with Crippen LogP contribution in [0.2, 0.25) is 0 Å². The van der Waals surface area contributed by atoms with Crippen molar-refractivity contribution in [1.82, 2.24) is 9.80 Å². The highest BCUT2D eigenvalue weighted by Gasteiger charge is 2.25. The summed E-state index contributed by atoms with van der Waals surface area (Å²) in [7, 11) is 5.60. The number of nitrogens with zero attached hydrogens (tertiary/aromatic N) is 2. The molecule has 122 valence electrons. The summed E-state index contributed by atoms with van der Waals surface area (Å²) in [6.07, 6.45) is 0. The van der Waals surface area contributed by atoms with Crippen molar-refractivity contribution in [2.75, 3.05) is 21.1 Å². The number of phenols is 1. The number of aryl methyl sites for hydroxylation is 1. The molecule has 0 heterocycles. The molecule has 2 aromatic rings. The number of rotatable bonds is 5. The van der Waals surface area contributed by atoms with Gasteiger partial charge in [0.1, 0.15) is 11.8 Å². The van der Waals surface area contributed by atoms with Crippen molar-refractivity contribution in [1.29, 1.82) is 0 Å². The van der Waals surface area contributed by atoms with Crippen LogP contribution in [-0.2, 0) is 11.3 Å². The van der Waals surface area contributed by atoms with E-state index in [0.29, 0.717) is 6.54 Å². The van der Waals surface area contributed by atoms with E-state index in [9.17, 15) is 9.90 Å². The molecule has 0 aliphatic rings. The highest BCUT2D eigenvalue weighted by atomic mass is 16.3. The maximum absolute atomic E-state index is 12.9. The van der Waals surface area contributed by atoms with Crippen molar-refractivity contribution in [2.24, 2.45) is 0 Å². The number of amides is 1. The van der Waals surface area contributed by atoms with E-state index in [0.717, 1.165) is 11.1 Å². The van der Waals surface area contributed by atoms with Crippen LogP contribution in [0, 0.1) is 6.92 Å². The molecule has 0 saturated heterocycles. The van der Waals surface area contributed by atoms with Crippen LogP contribution in [0.25, 0.3) is 0 Å². The van der Waals surface area contributed by atoms with Gasteiger partial charge >= 0.3 is 0 Å². The lowest BCUT2D eigenvalue weighted by molar-refractivity contribution is -0.135. The van der Waals surface area contributed by atoms with Gasteiger partial charge in [-0.1, -0.05) is 42.0 Å². The van der Waals surface area contributed by atoms with E-state index in [1.54, 1.807) is 30.1 Å². The monoisotopic (exact) mass is 312 g/mol. The molecule has 0 bridgehead atoms. The molecule has 0 radical (unpaired) electrons. The summed E-state index contributed by atoms with van der Waals surface area (Å²) in [5.74, 6) is 0.244. The number of aromatic hydroxyl groups is 1. The zero-order chi connectivity index (χ0) is 17.0. The Balaban J connectivity index is 2.18. The minimum absolute atomic E-state index is 0.0298. The number of phenolic OH excluding ortho intramolecular Hbond substituents is 1. The summed E-state index contributed by atoms with van der Waals surface area (Å²) in [5.41, 5.74) is 3.06. The molecule has 4 heteroatoms. The molecular weight excluding hydrogens is 288 g/mol. The van der Waals surface area contributed by atoms with E-state index >= 15 is 0 Å². The summed E-state index contributed by atoms with van der Waals surface area (Å²) in [6.45, 7) is 2.49. The smallest absolute Gasteiger partial charge is 0.244 e. The fraction of sp³-hybridized carbons (Fsp3) is 0.316. The van der Waals surface area contributed by atoms with Crippen LogP contribution in [0.5, 0.6) is 5.75 Å². The van der Waals surface area contributed by atoms with Gasteiger partial charge in [0.2, 0.25) is 5.91 Å². The van der Waals surface area contributed by atoms with Crippen molar-refractivity contribution in [2.45, 2.75) is 19.5 Å². The average molecular weight is 312 g/mol. The lowest BCUT2D eigenvalue weighted by Crippen LogP contribution is -2.38. The number of carbonyl (C=O) groups excluding carboxylic acids is 1. The standard InChI is InChI=1S/C19H24N2O2/c1-14-8-10-16(11-9-14)18(20(2)3)19(23)21(4)13-15-6-5-7-17(22)12-15/h5-12,18,22H,13H2,1-4H3/t18-/m1/s1. The first-order valence-electron chi connectivity index (χ1n) is 7.64. The topological polar surface area (TPSA) is 43.8 Å². The average Bonchev–Trinajstić information content (AvgIpc) is 2.49. The number of carbonyl (C=O) groups is 1. The van der Waals surface area contributed by atoms with Crippen LogP contribution in [0.3, 0.4) is 0 Å². The van der Waals surface area contributed by atoms with Gasteiger partial charge in [0.05, 0.1) is 0 Å². The van der Waals surface area contributed by atoms with E-state index in [1.807, 2.05) is 56.3 Å². The SMILES string of the molecule is Cc1ccc([C@H](C(=O)N(C)Cc2cccc(O)c2)N(C)C)cc1. The summed E-state index contributed by atoms with van der Waals surface area (Å²) in [4.78, 5) is 16.5. The molecule has 1 amide bonds. The van der Waals surface area contributed by atoms with Crippen molar-refractivity contribution >= 4 is 5.91 Å². The quantitative estimate of drug-likeness (QED) is 0.923. The van der Waals surface area contributed by atoms with Crippen LogP contribution in [0.1, 0.15) is 22.7 Å². The predicted octanol–water partition coefficient (Wildman–Crippen LogP) is 2.96. The van der Waals surface area contributed by atoms with Crippen LogP contribution < -0.4 is 0 Å². The Morgan fingerprint density at radius 1 is 1.09 bits per heavy atom. The molecule has 0 aliphatic heterocycles. The maximum Gasteiger partial charge on any atom is 0.244 e. The minimum Gasteiger partial charge on any atom is -0.508 e. The van der Waals surface area contributed by atoms with E-state index in [-0.39, 0.29) is 17.7 Å². The summed E-state index contributed by atoms with van der Waals surface area (Å²) in [5, 5.41) is 9.55. The lowest BCUT2D eigenvalue weighted by Gasteiger charge is -2.29. The first-order chi connectivity index (χ1) is 10.9. The Morgan fingerprint density at radius 3 is 2.30 bits per heavy atom. The third-order valence-electron chi connectivity index (χ3n) is 3.85. The molecule has 0 aliphatic carbocycles. The molecule has 4 nitrogen and oxygen atoms in total. The number of benzene rings is 2. The molecule has 0 aromatic heterocycles. The minimum atomic E-state index is -0.321. The zero-order valence-electron chi connectivity index (χ0n) is 14.2. The summed E-state index contributed by atoms with van der Waals surface area (Å²) >= 11 is 0. The highest BCUT2D eigenvalue weighted by Crippen LogP contribution is 2.22. The predicted molar refractivity (Wildman–Crippen MR) is 92.2 cm³/mol. The maximum atomic E-state index is 12.9. The number of hydrogen-bond acceptors (Lipinski definition) is 3. The van der Waals surface area contributed by atoms with E-state index in [4.69, 9.17) is 0 Å². The largest absolute Gasteiger partial charge is 0.508 e. The molecule has 2 aromatic carbocycles. The normalized spacial score (nSPS) is 12.2. The first-order valence-corrected chi connectivity index (χ1v) is 7.64. The Hall–Kier alpha value is -2.33. The second kappa shape index (κ2) is 7.29. The van der Waals surface area contributed by atoms with Gasteiger partial charge in [-0.15, -0.1) is 0 Å². The van der Waals surface area contributed by atoms with Gasteiger partial charge in [-0.05, 0) is 44.3 Å². The first kappa shape index (κ1) is 17.0. The Morgan fingerprint density at radius 2 is 1.74 bits per heavy atom. The van der Waals surface area contributed by atoms with Crippen LogP contribution in [-0.4, -0.2) is 42.0 Å². The van der Waals surface area contributed by atoms with Gasteiger partial charge in [0, 0.05) is 13.6 Å². The molecule has 23 heavy (non-hydrogen) atoms. The second-order valence-corrected chi connectivity index (χ2v) is 6.14. The van der Waals surface area contributed by atoms with Gasteiger partial charge in [-0.25, -0.2) is 0 Å². The molecule has 0 saturated carbocycles. The van der Waals surface area contributed by atoms with E-state index < -0.39 is 0 Å². The Kier molecular flexibility index (Phi) is 5.40. The Labute approximate surface area is 138 Å². The molecular formula is C19H24N2O2. The van der Waals surface area contributed by atoms with Gasteiger partial charge < -0.3 is 10.0 Å². The fourth-order valence-corrected chi connectivity index (χ4v) is 2.63. The van der Waals surface area contributed by atoms with Gasteiger partial charge in [-0.2, -0.15) is 0 Å². The van der Waals surface area contributed by atoms with E-state index in [1.165, 1.54) is 5.56 Å². The van der Waals surface area contributed by atoms with E-state index in [2.05, 4.69) is 0 Å². The number of hydrogen-bond donors (Lipinski definition) is 1. The molecule has 2 rings (SSSR count). The van der Waals surface area contributed by atoms with Crippen LogP contribution in [0.15, 0.2) is 48.5 Å². The third kappa shape index (κ3) is 4.33. The zero-order valence-corrected chi connectivity index (χ0v) is 14.2. The Bertz CT molecular complexity index is 665. The lowest BCUT2D eigenvalue weighted by atomic mass is 10.0. The summed E-state index contributed by atoms with van der Waals surface area (Å²) < 4.78 is 0. The van der Waals surface area contributed by atoms with Crippen molar-refractivity contribution in [3.63, 3.8) is 0 Å². The van der Waals surface area contributed by atoms with Crippen LogP contribution in [0.4, 0.5) is 0 Å².